The molecule has 7 heteroatoms. The Labute approximate surface area is 166 Å². The number of nitrogens with zero attached hydrogens (tertiary/aromatic N) is 1. The average Bonchev–Trinajstić information content (AvgIpc) is 3.15. The fraction of sp³-hybridized carbons (Fsp3) is 0.190. The standard InChI is InChI=1S/C21H19N3O3S/c1-13-2-4-14(5-3-13)6-9-19(25)24-21-23-17(12-28-21)15-7-8-18-16(10-15)22-20(26)11-27-18/h2-5,7-8,10,12H,6,9,11H2,1H3,(H,22,26)(H,23,24,25). The lowest BCUT2D eigenvalue weighted by atomic mass is 10.1. The molecule has 0 bridgehead atoms. The number of aromatic nitrogens is 1. The lowest BCUT2D eigenvalue weighted by Gasteiger charge is -2.18. The van der Waals surface area contributed by atoms with Crippen molar-refractivity contribution in [1.82, 2.24) is 4.98 Å². The van der Waals surface area contributed by atoms with Gasteiger partial charge in [0.05, 0.1) is 11.4 Å². The summed E-state index contributed by atoms with van der Waals surface area (Å²) in [5.41, 5.74) is 4.56. The largest absolute Gasteiger partial charge is 0.482 e. The van der Waals surface area contributed by atoms with Crippen LogP contribution in [0.1, 0.15) is 17.5 Å². The number of nitrogens with one attached hydrogen (secondary N) is 2. The second-order valence-electron chi connectivity index (χ2n) is 6.62. The highest BCUT2D eigenvalue weighted by Gasteiger charge is 2.17. The van der Waals surface area contributed by atoms with E-state index in [-0.39, 0.29) is 18.4 Å². The zero-order valence-electron chi connectivity index (χ0n) is 15.3. The Morgan fingerprint density at radius 3 is 2.89 bits per heavy atom. The van der Waals surface area contributed by atoms with Crippen molar-refractivity contribution >= 4 is 34.0 Å². The number of aryl methyl sites for hydroxylation is 2. The van der Waals surface area contributed by atoms with Crippen molar-refractivity contribution < 1.29 is 14.3 Å². The second-order valence-corrected chi connectivity index (χ2v) is 7.48. The predicted molar refractivity (Wildman–Crippen MR) is 110 cm³/mol. The van der Waals surface area contributed by atoms with E-state index in [1.807, 2.05) is 54.8 Å². The van der Waals surface area contributed by atoms with Crippen LogP contribution in [0.3, 0.4) is 0 Å². The highest BCUT2D eigenvalue weighted by atomic mass is 32.1. The average molecular weight is 393 g/mol. The summed E-state index contributed by atoms with van der Waals surface area (Å²) in [6, 6.07) is 13.7. The van der Waals surface area contributed by atoms with Crippen LogP contribution in [0.4, 0.5) is 10.8 Å². The minimum Gasteiger partial charge on any atom is -0.482 e. The lowest BCUT2D eigenvalue weighted by Crippen LogP contribution is -2.25. The molecule has 1 aliphatic heterocycles. The zero-order chi connectivity index (χ0) is 19.5. The van der Waals surface area contributed by atoms with E-state index in [0.29, 0.717) is 29.4 Å². The lowest BCUT2D eigenvalue weighted by molar-refractivity contribution is -0.118. The number of hydrogen-bond acceptors (Lipinski definition) is 5. The summed E-state index contributed by atoms with van der Waals surface area (Å²) in [6.07, 6.45) is 1.09. The summed E-state index contributed by atoms with van der Waals surface area (Å²) in [7, 11) is 0. The molecule has 2 heterocycles. The van der Waals surface area contributed by atoms with Crippen LogP contribution in [-0.4, -0.2) is 23.4 Å². The summed E-state index contributed by atoms with van der Waals surface area (Å²) < 4.78 is 5.37. The minimum absolute atomic E-state index is 0.0296. The fourth-order valence-corrected chi connectivity index (χ4v) is 3.64. The van der Waals surface area contributed by atoms with Gasteiger partial charge in [0, 0.05) is 17.4 Å². The molecular weight excluding hydrogens is 374 g/mol. The van der Waals surface area contributed by atoms with E-state index < -0.39 is 0 Å². The van der Waals surface area contributed by atoms with Gasteiger partial charge in [-0.05, 0) is 37.1 Å². The molecule has 2 amide bonds. The van der Waals surface area contributed by atoms with Gasteiger partial charge in [0.1, 0.15) is 5.75 Å². The van der Waals surface area contributed by atoms with E-state index >= 15 is 0 Å². The van der Waals surface area contributed by atoms with Crippen LogP contribution >= 0.6 is 11.3 Å². The summed E-state index contributed by atoms with van der Waals surface area (Å²) in [5.74, 6) is 0.403. The molecule has 1 aliphatic rings. The molecule has 0 aliphatic carbocycles. The van der Waals surface area contributed by atoms with Gasteiger partial charge >= 0.3 is 0 Å². The Balaban J connectivity index is 1.39. The number of carbonyl (C=O) groups excluding carboxylic acids is 2. The Kier molecular flexibility index (Phi) is 5.08. The molecule has 0 atom stereocenters. The van der Waals surface area contributed by atoms with Crippen LogP contribution in [0, 0.1) is 6.92 Å². The molecule has 2 aromatic carbocycles. The van der Waals surface area contributed by atoms with Gasteiger partial charge in [-0.15, -0.1) is 11.3 Å². The highest BCUT2D eigenvalue weighted by Crippen LogP contribution is 2.33. The number of amides is 2. The number of rotatable bonds is 5. The third kappa shape index (κ3) is 4.20. The molecular formula is C21H19N3O3S. The Hall–Kier alpha value is -3.19. The molecule has 142 valence electrons. The van der Waals surface area contributed by atoms with Crippen LogP contribution in [0.25, 0.3) is 11.3 Å². The van der Waals surface area contributed by atoms with Crippen LogP contribution in [0.15, 0.2) is 47.8 Å². The molecule has 0 radical (unpaired) electrons. The van der Waals surface area contributed by atoms with Crippen molar-refractivity contribution in [2.75, 3.05) is 17.2 Å². The molecule has 4 rings (SSSR count). The summed E-state index contributed by atoms with van der Waals surface area (Å²) >= 11 is 1.37. The maximum absolute atomic E-state index is 12.2. The zero-order valence-corrected chi connectivity index (χ0v) is 16.1. The second kappa shape index (κ2) is 7.82. The van der Waals surface area contributed by atoms with Crippen molar-refractivity contribution in [2.45, 2.75) is 19.8 Å². The van der Waals surface area contributed by atoms with Crippen molar-refractivity contribution in [3.8, 4) is 17.0 Å². The Morgan fingerprint density at radius 2 is 2.07 bits per heavy atom. The number of fused-ring (bicyclic) bond motifs is 1. The van der Waals surface area contributed by atoms with Gasteiger partial charge in [0.15, 0.2) is 11.7 Å². The first-order valence-electron chi connectivity index (χ1n) is 8.95. The van der Waals surface area contributed by atoms with Gasteiger partial charge in [-0.3, -0.25) is 9.59 Å². The molecule has 6 nitrogen and oxygen atoms in total. The normalized spacial score (nSPS) is 12.7. The van der Waals surface area contributed by atoms with Gasteiger partial charge in [-0.2, -0.15) is 0 Å². The third-order valence-corrected chi connectivity index (χ3v) is 5.18. The van der Waals surface area contributed by atoms with E-state index in [2.05, 4.69) is 15.6 Å². The number of thiazole rings is 1. The van der Waals surface area contributed by atoms with E-state index in [1.54, 1.807) is 0 Å². The summed E-state index contributed by atoms with van der Waals surface area (Å²) in [5, 5.41) is 8.08. The van der Waals surface area contributed by atoms with Gasteiger partial charge in [-0.1, -0.05) is 29.8 Å². The van der Waals surface area contributed by atoms with E-state index in [1.165, 1.54) is 16.9 Å². The van der Waals surface area contributed by atoms with Crippen LogP contribution in [0.2, 0.25) is 0 Å². The Morgan fingerprint density at radius 1 is 1.25 bits per heavy atom. The third-order valence-electron chi connectivity index (χ3n) is 4.42. The van der Waals surface area contributed by atoms with E-state index in [4.69, 9.17) is 4.74 Å². The van der Waals surface area contributed by atoms with Crippen LogP contribution < -0.4 is 15.4 Å². The number of hydrogen-bond donors (Lipinski definition) is 2. The van der Waals surface area contributed by atoms with Crippen LogP contribution in [-0.2, 0) is 16.0 Å². The number of anilines is 2. The number of ether oxygens (including phenoxy) is 1. The molecule has 28 heavy (non-hydrogen) atoms. The van der Waals surface area contributed by atoms with E-state index in [9.17, 15) is 9.59 Å². The molecule has 0 saturated carbocycles. The van der Waals surface area contributed by atoms with Crippen molar-refractivity contribution in [3.63, 3.8) is 0 Å². The monoisotopic (exact) mass is 393 g/mol. The van der Waals surface area contributed by atoms with Crippen LogP contribution in [0.5, 0.6) is 5.75 Å². The maximum atomic E-state index is 12.2. The molecule has 1 aromatic heterocycles. The van der Waals surface area contributed by atoms with Gasteiger partial charge in [0.25, 0.3) is 5.91 Å². The molecule has 0 saturated heterocycles. The number of benzene rings is 2. The molecule has 0 unspecified atom stereocenters. The van der Waals surface area contributed by atoms with Crippen molar-refractivity contribution in [1.29, 1.82) is 0 Å². The first kappa shape index (κ1) is 18.2. The SMILES string of the molecule is Cc1ccc(CCC(=O)Nc2nc(-c3ccc4c(c3)NC(=O)CO4)cs2)cc1. The predicted octanol–water partition coefficient (Wildman–Crippen LogP) is 4.02. The first-order valence-corrected chi connectivity index (χ1v) is 9.83. The molecule has 3 aromatic rings. The minimum atomic E-state index is -0.176. The smallest absolute Gasteiger partial charge is 0.262 e. The summed E-state index contributed by atoms with van der Waals surface area (Å²) in [6.45, 7) is 2.07. The number of carbonyl (C=O) groups is 2. The van der Waals surface area contributed by atoms with Gasteiger partial charge < -0.3 is 15.4 Å². The summed E-state index contributed by atoms with van der Waals surface area (Å²) in [4.78, 5) is 28.2. The molecule has 0 spiro atoms. The maximum Gasteiger partial charge on any atom is 0.262 e. The topological polar surface area (TPSA) is 80.3 Å². The van der Waals surface area contributed by atoms with Crippen molar-refractivity contribution in [2.24, 2.45) is 0 Å². The van der Waals surface area contributed by atoms with Gasteiger partial charge in [-0.25, -0.2) is 4.98 Å². The molecule has 0 fully saturated rings. The molecule has 2 N–H and O–H groups in total. The highest BCUT2D eigenvalue weighted by molar-refractivity contribution is 7.14. The first-order chi connectivity index (χ1) is 13.6. The van der Waals surface area contributed by atoms with Crippen molar-refractivity contribution in [3.05, 3.63) is 59.0 Å². The van der Waals surface area contributed by atoms with E-state index in [0.717, 1.165) is 16.8 Å². The van der Waals surface area contributed by atoms with Gasteiger partial charge in [0.2, 0.25) is 5.91 Å². The Bertz CT molecular complexity index is 1030. The fourth-order valence-electron chi connectivity index (χ4n) is 2.90. The quantitative estimate of drug-likeness (QED) is 0.686.